The molecule has 0 bridgehead atoms. The van der Waals surface area contributed by atoms with Crippen molar-refractivity contribution < 1.29 is 18.0 Å². The zero-order valence-corrected chi connectivity index (χ0v) is 16.6. The van der Waals surface area contributed by atoms with Crippen LogP contribution < -0.4 is 4.31 Å². The maximum atomic E-state index is 12.6. The van der Waals surface area contributed by atoms with Gasteiger partial charge in [0.05, 0.1) is 11.9 Å². The molecule has 7 nitrogen and oxygen atoms in total. The van der Waals surface area contributed by atoms with Crippen molar-refractivity contribution in [1.29, 1.82) is 0 Å². The number of piperazine rings is 1. The Morgan fingerprint density at radius 2 is 1.65 bits per heavy atom. The third kappa shape index (κ3) is 4.97. The first-order valence-electron chi connectivity index (χ1n) is 8.58. The minimum atomic E-state index is -3.60. The summed E-state index contributed by atoms with van der Waals surface area (Å²) >= 11 is 0. The van der Waals surface area contributed by atoms with Gasteiger partial charge in [-0.2, -0.15) is 0 Å². The number of hydrogen-bond acceptors (Lipinski definition) is 4. The number of benzene rings is 1. The van der Waals surface area contributed by atoms with Gasteiger partial charge in [-0.3, -0.25) is 13.9 Å². The zero-order valence-electron chi connectivity index (χ0n) is 15.8. The number of carbonyl (C=O) groups is 2. The van der Waals surface area contributed by atoms with Gasteiger partial charge in [0.25, 0.3) is 0 Å². The smallest absolute Gasteiger partial charge is 0.243 e. The first kappa shape index (κ1) is 20.2. The standard InChI is InChI=1S/C18H27N3O4S/c1-18(2,3)15-5-7-16(8-6-15)21(26(4,24)25)13-17(23)20-11-9-19(14-22)10-12-20/h5-8,14H,9-13H2,1-4H3. The fourth-order valence-electron chi connectivity index (χ4n) is 2.83. The van der Waals surface area contributed by atoms with Crippen LogP contribution in [0.25, 0.3) is 0 Å². The molecule has 0 radical (unpaired) electrons. The highest BCUT2D eigenvalue weighted by Crippen LogP contribution is 2.26. The summed E-state index contributed by atoms with van der Waals surface area (Å²) in [4.78, 5) is 26.5. The molecule has 0 aliphatic carbocycles. The summed E-state index contributed by atoms with van der Waals surface area (Å²) < 4.78 is 25.6. The van der Waals surface area contributed by atoms with E-state index in [1.807, 2.05) is 12.1 Å². The van der Waals surface area contributed by atoms with E-state index in [4.69, 9.17) is 0 Å². The SMILES string of the molecule is CC(C)(C)c1ccc(N(CC(=O)N2CCN(C=O)CC2)S(C)(=O)=O)cc1. The van der Waals surface area contributed by atoms with E-state index in [2.05, 4.69) is 20.8 Å². The number of nitrogens with zero attached hydrogens (tertiary/aromatic N) is 3. The molecule has 1 aliphatic heterocycles. The van der Waals surface area contributed by atoms with Gasteiger partial charge in [-0.25, -0.2) is 8.42 Å². The molecule has 0 aromatic heterocycles. The minimum Gasteiger partial charge on any atom is -0.342 e. The van der Waals surface area contributed by atoms with E-state index in [1.54, 1.807) is 21.9 Å². The van der Waals surface area contributed by atoms with Gasteiger partial charge in [-0.15, -0.1) is 0 Å². The average Bonchev–Trinajstić information content (AvgIpc) is 2.58. The quantitative estimate of drug-likeness (QED) is 0.715. The summed E-state index contributed by atoms with van der Waals surface area (Å²) in [6.07, 6.45) is 1.86. The van der Waals surface area contributed by atoms with Crippen molar-refractivity contribution in [3.05, 3.63) is 29.8 Å². The first-order chi connectivity index (χ1) is 12.0. The van der Waals surface area contributed by atoms with Crippen molar-refractivity contribution in [2.24, 2.45) is 0 Å². The minimum absolute atomic E-state index is 0.0392. The number of rotatable bonds is 5. The van der Waals surface area contributed by atoms with Crippen molar-refractivity contribution >= 4 is 28.0 Å². The molecule has 0 saturated carbocycles. The second-order valence-electron chi connectivity index (χ2n) is 7.59. The Balaban J connectivity index is 2.16. The number of anilines is 1. The van der Waals surface area contributed by atoms with E-state index in [-0.39, 0.29) is 17.9 Å². The number of amides is 2. The number of carbonyl (C=O) groups excluding carboxylic acids is 2. The highest BCUT2D eigenvalue weighted by Gasteiger charge is 2.26. The van der Waals surface area contributed by atoms with Crippen molar-refractivity contribution in [1.82, 2.24) is 9.80 Å². The third-order valence-electron chi connectivity index (χ3n) is 4.52. The lowest BCUT2D eigenvalue weighted by atomic mass is 9.87. The van der Waals surface area contributed by atoms with Gasteiger partial charge in [0, 0.05) is 26.2 Å². The van der Waals surface area contributed by atoms with Crippen LogP contribution in [0.15, 0.2) is 24.3 Å². The van der Waals surface area contributed by atoms with Crippen LogP contribution in [0.2, 0.25) is 0 Å². The van der Waals surface area contributed by atoms with Gasteiger partial charge in [-0.1, -0.05) is 32.9 Å². The predicted molar refractivity (Wildman–Crippen MR) is 102 cm³/mol. The maximum Gasteiger partial charge on any atom is 0.243 e. The predicted octanol–water partition coefficient (Wildman–Crippen LogP) is 1.05. The average molecular weight is 381 g/mol. The molecule has 0 N–H and O–H groups in total. The molecular formula is C18H27N3O4S. The topological polar surface area (TPSA) is 78.0 Å². The second kappa shape index (κ2) is 7.65. The molecule has 0 unspecified atom stereocenters. The van der Waals surface area contributed by atoms with Crippen LogP contribution in [-0.4, -0.2) is 69.5 Å². The Kier molecular flexibility index (Phi) is 5.95. The van der Waals surface area contributed by atoms with Crippen LogP contribution in [0.4, 0.5) is 5.69 Å². The Morgan fingerprint density at radius 1 is 1.12 bits per heavy atom. The summed E-state index contributed by atoms with van der Waals surface area (Å²) in [6.45, 7) is 7.77. The monoisotopic (exact) mass is 381 g/mol. The molecule has 1 heterocycles. The van der Waals surface area contributed by atoms with Gasteiger partial charge < -0.3 is 9.80 Å². The Labute approximate surface area is 155 Å². The lowest BCUT2D eigenvalue weighted by Crippen LogP contribution is -2.51. The molecule has 144 valence electrons. The van der Waals surface area contributed by atoms with Crippen LogP contribution in [0.5, 0.6) is 0 Å². The van der Waals surface area contributed by atoms with E-state index < -0.39 is 10.0 Å². The van der Waals surface area contributed by atoms with E-state index in [1.165, 1.54) is 0 Å². The van der Waals surface area contributed by atoms with Crippen LogP contribution in [-0.2, 0) is 25.0 Å². The summed E-state index contributed by atoms with van der Waals surface area (Å²) in [6, 6.07) is 7.25. The van der Waals surface area contributed by atoms with Crippen LogP contribution in [0.3, 0.4) is 0 Å². The zero-order chi connectivity index (χ0) is 19.5. The maximum absolute atomic E-state index is 12.6. The van der Waals surface area contributed by atoms with E-state index in [0.717, 1.165) is 22.5 Å². The molecule has 2 amide bonds. The van der Waals surface area contributed by atoms with Gasteiger partial charge in [0.2, 0.25) is 22.3 Å². The first-order valence-corrected chi connectivity index (χ1v) is 10.4. The largest absolute Gasteiger partial charge is 0.342 e. The Morgan fingerprint density at radius 3 is 2.08 bits per heavy atom. The summed E-state index contributed by atoms with van der Waals surface area (Å²) in [5, 5.41) is 0. The Hall–Kier alpha value is -2.09. The molecular weight excluding hydrogens is 354 g/mol. The molecule has 1 aromatic rings. The molecule has 1 aliphatic rings. The van der Waals surface area contributed by atoms with E-state index in [0.29, 0.717) is 31.9 Å². The fraction of sp³-hybridized carbons (Fsp3) is 0.556. The van der Waals surface area contributed by atoms with E-state index >= 15 is 0 Å². The van der Waals surface area contributed by atoms with Crippen molar-refractivity contribution in [2.75, 3.05) is 43.3 Å². The molecule has 1 fully saturated rings. The highest BCUT2D eigenvalue weighted by molar-refractivity contribution is 7.92. The molecule has 2 rings (SSSR count). The van der Waals surface area contributed by atoms with Crippen molar-refractivity contribution in [2.45, 2.75) is 26.2 Å². The van der Waals surface area contributed by atoms with Gasteiger partial charge >= 0.3 is 0 Å². The van der Waals surface area contributed by atoms with Crippen LogP contribution >= 0.6 is 0 Å². The fourth-order valence-corrected chi connectivity index (χ4v) is 3.68. The van der Waals surface area contributed by atoms with E-state index in [9.17, 15) is 18.0 Å². The molecule has 1 saturated heterocycles. The molecule has 1 aromatic carbocycles. The molecule has 0 atom stereocenters. The third-order valence-corrected chi connectivity index (χ3v) is 5.66. The lowest BCUT2D eigenvalue weighted by Gasteiger charge is -2.34. The second-order valence-corrected chi connectivity index (χ2v) is 9.50. The highest BCUT2D eigenvalue weighted by atomic mass is 32.2. The molecule has 26 heavy (non-hydrogen) atoms. The Bertz CT molecular complexity index is 746. The van der Waals surface area contributed by atoms with Gasteiger partial charge in [0.1, 0.15) is 6.54 Å². The van der Waals surface area contributed by atoms with Crippen LogP contribution in [0, 0.1) is 0 Å². The molecule has 0 spiro atoms. The van der Waals surface area contributed by atoms with Crippen molar-refractivity contribution in [3.63, 3.8) is 0 Å². The van der Waals surface area contributed by atoms with Gasteiger partial charge in [0.15, 0.2) is 0 Å². The lowest BCUT2D eigenvalue weighted by molar-refractivity contribution is -0.133. The summed E-state index contributed by atoms with van der Waals surface area (Å²) in [5.41, 5.74) is 1.52. The summed E-state index contributed by atoms with van der Waals surface area (Å²) in [5.74, 6) is -0.263. The molecule has 8 heteroatoms. The normalized spacial score (nSPS) is 15.7. The summed E-state index contributed by atoms with van der Waals surface area (Å²) in [7, 11) is -3.60. The number of hydrogen-bond donors (Lipinski definition) is 0. The van der Waals surface area contributed by atoms with Crippen molar-refractivity contribution in [3.8, 4) is 0 Å². The number of sulfonamides is 1. The van der Waals surface area contributed by atoms with Crippen LogP contribution in [0.1, 0.15) is 26.3 Å². The van der Waals surface area contributed by atoms with Gasteiger partial charge in [-0.05, 0) is 23.1 Å².